The summed E-state index contributed by atoms with van der Waals surface area (Å²) in [5, 5.41) is 0. The second-order valence-electron chi connectivity index (χ2n) is 4.72. The van der Waals surface area contributed by atoms with Gasteiger partial charge in [0.25, 0.3) is 0 Å². The van der Waals surface area contributed by atoms with Gasteiger partial charge in [0.1, 0.15) is 5.69 Å². The molecule has 1 fully saturated rings. The average Bonchev–Trinajstić information content (AvgIpc) is 2.80. The van der Waals surface area contributed by atoms with Crippen molar-refractivity contribution in [3.8, 4) is 0 Å². The summed E-state index contributed by atoms with van der Waals surface area (Å²) in [5.41, 5.74) is 0.720. The zero-order valence-corrected chi connectivity index (χ0v) is 9.93. The maximum Gasteiger partial charge on any atom is 0.168 e. The Bertz CT molecular complexity index is 339. The highest BCUT2D eigenvalue weighted by Gasteiger charge is 2.24. The van der Waals surface area contributed by atoms with E-state index in [4.69, 9.17) is 0 Å². The first-order chi connectivity index (χ1) is 7.86. The van der Waals surface area contributed by atoms with E-state index >= 15 is 0 Å². The second-order valence-corrected chi connectivity index (χ2v) is 4.72. The van der Waals surface area contributed by atoms with Crippen molar-refractivity contribution >= 4 is 6.29 Å². The molecule has 0 aliphatic heterocycles. The number of aldehydes is 1. The van der Waals surface area contributed by atoms with Gasteiger partial charge in [0, 0.05) is 6.04 Å². The van der Waals surface area contributed by atoms with Crippen LogP contribution in [0.25, 0.3) is 0 Å². The zero-order chi connectivity index (χ0) is 11.4. The first kappa shape index (κ1) is 11.4. The smallest absolute Gasteiger partial charge is 0.168 e. The standard InChI is InChI=1S/C13H20N2O/c1-2-13(11-6-4-3-5-7-11)15-10-14-8-12(15)9-16/h8-11,13H,2-7H2,1H3. The van der Waals surface area contributed by atoms with Crippen molar-refractivity contribution in [1.82, 2.24) is 9.55 Å². The minimum atomic E-state index is 0.461. The minimum absolute atomic E-state index is 0.461. The van der Waals surface area contributed by atoms with Crippen LogP contribution in [-0.4, -0.2) is 15.8 Å². The maximum atomic E-state index is 10.9. The lowest BCUT2D eigenvalue weighted by atomic mass is 9.82. The lowest BCUT2D eigenvalue weighted by Gasteiger charge is -2.31. The third-order valence-electron chi connectivity index (χ3n) is 3.79. The van der Waals surface area contributed by atoms with Crippen molar-refractivity contribution in [2.75, 3.05) is 0 Å². The molecule has 0 aromatic carbocycles. The van der Waals surface area contributed by atoms with E-state index < -0.39 is 0 Å². The summed E-state index contributed by atoms with van der Waals surface area (Å²) >= 11 is 0. The molecule has 1 aromatic heterocycles. The molecule has 1 aliphatic carbocycles. The molecule has 0 amide bonds. The molecule has 3 heteroatoms. The highest BCUT2D eigenvalue weighted by atomic mass is 16.1. The second kappa shape index (κ2) is 5.28. The van der Waals surface area contributed by atoms with Gasteiger partial charge in [-0.1, -0.05) is 26.2 Å². The van der Waals surface area contributed by atoms with Crippen molar-refractivity contribution in [3.63, 3.8) is 0 Å². The van der Waals surface area contributed by atoms with E-state index in [1.54, 1.807) is 6.20 Å². The molecule has 0 spiro atoms. The Kier molecular flexibility index (Phi) is 3.75. The Hall–Kier alpha value is -1.12. The molecule has 0 radical (unpaired) electrons. The number of carbonyl (C=O) groups is 1. The van der Waals surface area contributed by atoms with Crippen molar-refractivity contribution in [1.29, 1.82) is 0 Å². The number of imidazole rings is 1. The topological polar surface area (TPSA) is 34.9 Å². The van der Waals surface area contributed by atoms with Gasteiger partial charge >= 0.3 is 0 Å². The summed E-state index contributed by atoms with van der Waals surface area (Å²) in [6.07, 6.45) is 12.1. The number of hydrogen-bond donors (Lipinski definition) is 0. The molecule has 2 rings (SSSR count). The van der Waals surface area contributed by atoms with Gasteiger partial charge in [0.05, 0.1) is 12.5 Å². The van der Waals surface area contributed by atoms with Crippen LogP contribution >= 0.6 is 0 Å². The number of nitrogens with zero attached hydrogens (tertiary/aromatic N) is 2. The zero-order valence-electron chi connectivity index (χ0n) is 9.93. The Morgan fingerprint density at radius 1 is 1.50 bits per heavy atom. The molecule has 1 aromatic rings. The normalized spacial score (nSPS) is 19.6. The van der Waals surface area contributed by atoms with Crippen LogP contribution < -0.4 is 0 Å². The Labute approximate surface area is 96.9 Å². The molecule has 1 heterocycles. The van der Waals surface area contributed by atoms with E-state index in [-0.39, 0.29) is 0 Å². The summed E-state index contributed by atoms with van der Waals surface area (Å²) in [6.45, 7) is 2.20. The largest absolute Gasteiger partial charge is 0.325 e. The van der Waals surface area contributed by atoms with Gasteiger partial charge in [-0.2, -0.15) is 0 Å². The Morgan fingerprint density at radius 3 is 2.88 bits per heavy atom. The quantitative estimate of drug-likeness (QED) is 0.730. The fourth-order valence-corrected chi connectivity index (χ4v) is 2.96. The van der Waals surface area contributed by atoms with Crippen LogP contribution in [-0.2, 0) is 0 Å². The predicted octanol–water partition coefficient (Wildman–Crippen LogP) is 3.23. The molecular formula is C13H20N2O. The molecule has 16 heavy (non-hydrogen) atoms. The van der Waals surface area contributed by atoms with Crippen LogP contribution in [0.15, 0.2) is 12.5 Å². The molecule has 0 saturated heterocycles. The van der Waals surface area contributed by atoms with E-state index in [1.807, 2.05) is 6.33 Å². The summed E-state index contributed by atoms with van der Waals surface area (Å²) < 4.78 is 2.07. The molecule has 0 N–H and O–H groups in total. The molecule has 1 saturated carbocycles. The third kappa shape index (κ3) is 2.18. The Morgan fingerprint density at radius 2 is 2.25 bits per heavy atom. The van der Waals surface area contributed by atoms with Gasteiger partial charge < -0.3 is 4.57 Å². The highest BCUT2D eigenvalue weighted by molar-refractivity contribution is 5.71. The van der Waals surface area contributed by atoms with Crippen LogP contribution in [0.4, 0.5) is 0 Å². The molecule has 3 nitrogen and oxygen atoms in total. The molecule has 88 valence electrons. The van der Waals surface area contributed by atoms with Gasteiger partial charge in [-0.3, -0.25) is 4.79 Å². The number of aromatic nitrogens is 2. The van der Waals surface area contributed by atoms with E-state index in [0.29, 0.717) is 6.04 Å². The van der Waals surface area contributed by atoms with E-state index in [9.17, 15) is 4.79 Å². The van der Waals surface area contributed by atoms with Gasteiger partial charge in [-0.15, -0.1) is 0 Å². The van der Waals surface area contributed by atoms with Crippen molar-refractivity contribution in [2.45, 2.75) is 51.5 Å². The van der Waals surface area contributed by atoms with Crippen molar-refractivity contribution in [2.24, 2.45) is 5.92 Å². The molecule has 1 atom stereocenters. The summed E-state index contributed by atoms with van der Waals surface area (Å²) in [4.78, 5) is 15.0. The van der Waals surface area contributed by atoms with Crippen LogP contribution in [0.5, 0.6) is 0 Å². The lowest BCUT2D eigenvalue weighted by molar-refractivity contribution is 0.110. The van der Waals surface area contributed by atoms with Crippen molar-refractivity contribution < 1.29 is 4.79 Å². The van der Waals surface area contributed by atoms with Gasteiger partial charge in [0.2, 0.25) is 0 Å². The average molecular weight is 220 g/mol. The van der Waals surface area contributed by atoms with Crippen LogP contribution in [0, 0.1) is 5.92 Å². The van der Waals surface area contributed by atoms with Crippen LogP contribution in [0.2, 0.25) is 0 Å². The first-order valence-corrected chi connectivity index (χ1v) is 6.33. The monoisotopic (exact) mass is 220 g/mol. The maximum absolute atomic E-state index is 10.9. The minimum Gasteiger partial charge on any atom is -0.325 e. The lowest BCUT2D eigenvalue weighted by Crippen LogP contribution is -2.22. The number of rotatable bonds is 4. The molecule has 1 aliphatic rings. The molecular weight excluding hydrogens is 200 g/mol. The van der Waals surface area contributed by atoms with Crippen LogP contribution in [0.3, 0.4) is 0 Å². The summed E-state index contributed by atoms with van der Waals surface area (Å²) in [5.74, 6) is 0.728. The number of hydrogen-bond acceptors (Lipinski definition) is 2. The van der Waals surface area contributed by atoms with E-state index in [2.05, 4.69) is 16.5 Å². The van der Waals surface area contributed by atoms with E-state index in [0.717, 1.165) is 24.3 Å². The van der Waals surface area contributed by atoms with E-state index in [1.165, 1.54) is 32.1 Å². The van der Waals surface area contributed by atoms with Gasteiger partial charge in [-0.25, -0.2) is 4.98 Å². The highest BCUT2D eigenvalue weighted by Crippen LogP contribution is 2.35. The fourth-order valence-electron chi connectivity index (χ4n) is 2.96. The first-order valence-electron chi connectivity index (χ1n) is 6.33. The van der Waals surface area contributed by atoms with Gasteiger partial charge in [-0.05, 0) is 25.2 Å². The molecule has 0 bridgehead atoms. The van der Waals surface area contributed by atoms with Gasteiger partial charge in [0.15, 0.2) is 6.29 Å². The fraction of sp³-hybridized carbons (Fsp3) is 0.692. The Balaban J connectivity index is 2.17. The predicted molar refractivity (Wildman–Crippen MR) is 63.5 cm³/mol. The molecule has 1 unspecified atom stereocenters. The SMILES string of the molecule is CCC(C1CCCCC1)n1cncc1C=O. The third-order valence-corrected chi connectivity index (χ3v) is 3.79. The number of carbonyl (C=O) groups excluding carboxylic acids is 1. The van der Waals surface area contributed by atoms with Crippen LogP contribution in [0.1, 0.15) is 62.0 Å². The van der Waals surface area contributed by atoms with Crippen molar-refractivity contribution in [3.05, 3.63) is 18.2 Å². The summed E-state index contributed by atoms with van der Waals surface area (Å²) in [6, 6.07) is 0.461. The summed E-state index contributed by atoms with van der Waals surface area (Å²) in [7, 11) is 0.